The second-order valence-electron chi connectivity index (χ2n) is 6.18. The second kappa shape index (κ2) is 7.83. The van der Waals surface area contributed by atoms with Crippen molar-refractivity contribution < 1.29 is 19.4 Å². The highest BCUT2D eigenvalue weighted by Gasteiger charge is 2.40. The van der Waals surface area contributed by atoms with E-state index in [1.54, 1.807) is 0 Å². The zero-order valence-corrected chi connectivity index (χ0v) is 13.9. The number of carboxylic acid groups (broad SMARTS) is 1. The molecule has 5 nitrogen and oxygen atoms in total. The van der Waals surface area contributed by atoms with Gasteiger partial charge in [-0.15, -0.1) is 0 Å². The molecule has 1 heterocycles. The van der Waals surface area contributed by atoms with Crippen LogP contribution < -0.4 is 0 Å². The van der Waals surface area contributed by atoms with Crippen LogP contribution in [0.25, 0.3) is 0 Å². The van der Waals surface area contributed by atoms with Gasteiger partial charge >= 0.3 is 12.1 Å². The molecule has 1 aliphatic heterocycles. The number of rotatable bonds is 4. The van der Waals surface area contributed by atoms with Crippen LogP contribution in [0.3, 0.4) is 0 Å². The highest BCUT2D eigenvalue weighted by atomic mass is 16.6. The molecule has 3 rings (SSSR count). The third kappa shape index (κ3) is 3.99. The molecule has 0 spiro atoms. The fourth-order valence-corrected chi connectivity index (χ4v) is 3.36. The highest BCUT2D eigenvalue weighted by Crippen LogP contribution is 2.33. The molecule has 0 radical (unpaired) electrons. The van der Waals surface area contributed by atoms with Crippen molar-refractivity contribution in [3.05, 3.63) is 71.8 Å². The number of benzene rings is 2. The quantitative estimate of drug-likeness (QED) is 0.923. The molecule has 2 aromatic carbocycles. The molecular weight excluding hydrogens is 318 g/mol. The number of hydrogen-bond acceptors (Lipinski definition) is 3. The lowest BCUT2D eigenvalue weighted by Gasteiger charge is -2.38. The number of piperidine rings is 1. The zero-order chi connectivity index (χ0) is 17.6. The predicted molar refractivity (Wildman–Crippen MR) is 93.2 cm³/mol. The van der Waals surface area contributed by atoms with E-state index in [9.17, 15) is 14.7 Å². The number of ether oxygens (including phenoxy) is 1. The summed E-state index contributed by atoms with van der Waals surface area (Å²) in [6, 6.07) is 18.0. The lowest BCUT2D eigenvalue weighted by atomic mass is 9.83. The summed E-state index contributed by atoms with van der Waals surface area (Å²) in [4.78, 5) is 25.7. The van der Waals surface area contributed by atoms with Crippen molar-refractivity contribution in [2.45, 2.75) is 31.4 Å². The van der Waals surface area contributed by atoms with Crippen LogP contribution in [0.5, 0.6) is 0 Å². The van der Waals surface area contributed by atoms with Gasteiger partial charge in [-0.25, -0.2) is 9.59 Å². The first-order chi connectivity index (χ1) is 12.2. The van der Waals surface area contributed by atoms with E-state index in [-0.39, 0.29) is 12.5 Å². The molecule has 2 atom stereocenters. The molecule has 0 aromatic heterocycles. The number of hydrogen-bond donors (Lipinski definition) is 1. The van der Waals surface area contributed by atoms with Crippen molar-refractivity contribution >= 4 is 12.1 Å². The average molecular weight is 339 g/mol. The zero-order valence-electron chi connectivity index (χ0n) is 13.9. The molecular formula is C20H21NO4. The number of carboxylic acids is 1. The monoisotopic (exact) mass is 339 g/mol. The number of carbonyl (C=O) groups excluding carboxylic acids is 1. The topological polar surface area (TPSA) is 66.8 Å². The first-order valence-corrected chi connectivity index (χ1v) is 8.42. The summed E-state index contributed by atoms with van der Waals surface area (Å²) < 4.78 is 5.36. The van der Waals surface area contributed by atoms with Crippen molar-refractivity contribution in [2.24, 2.45) is 0 Å². The Bertz CT molecular complexity index is 717. The normalized spacial score (nSPS) is 20.1. The van der Waals surface area contributed by atoms with Crippen molar-refractivity contribution in [3.8, 4) is 0 Å². The van der Waals surface area contributed by atoms with Crippen molar-refractivity contribution in [1.29, 1.82) is 0 Å². The fourth-order valence-electron chi connectivity index (χ4n) is 3.36. The van der Waals surface area contributed by atoms with E-state index in [0.29, 0.717) is 6.54 Å². The lowest BCUT2D eigenvalue weighted by Crippen LogP contribution is -2.51. The summed E-state index contributed by atoms with van der Waals surface area (Å²) in [5.74, 6) is -1.22. The minimum Gasteiger partial charge on any atom is -0.480 e. The Morgan fingerprint density at radius 3 is 2.32 bits per heavy atom. The van der Waals surface area contributed by atoms with Gasteiger partial charge in [-0.05, 0) is 24.0 Å². The maximum absolute atomic E-state index is 12.5. The molecule has 0 aliphatic carbocycles. The Kier molecular flexibility index (Phi) is 5.33. The summed E-state index contributed by atoms with van der Waals surface area (Å²) in [6.45, 7) is 0.534. The van der Waals surface area contributed by atoms with Crippen LogP contribution >= 0.6 is 0 Å². The molecule has 5 heteroatoms. The van der Waals surface area contributed by atoms with E-state index >= 15 is 0 Å². The van der Waals surface area contributed by atoms with E-state index in [2.05, 4.69) is 0 Å². The molecule has 2 unspecified atom stereocenters. The Labute approximate surface area is 146 Å². The summed E-state index contributed by atoms with van der Waals surface area (Å²) in [6.07, 6.45) is 0.921. The molecule has 1 N–H and O–H groups in total. The highest BCUT2D eigenvalue weighted by molar-refractivity contribution is 5.81. The molecule has 1 saturated heterocycles. The van der Waals surface area contributed by atoms with E-state index in [4.69, 9.17) is 4.74 Å². The summed E-state index contributed by atoms with van der Waals surface area (Å²) in [5.41, 5.74) is 1.81. The smallest absolute Gasteiger partial charge is 0.410 e. The third-order valence-electron chi connectivity index (χ3n) is 4.55. The molecule has 25 heavy (non-hydrogen) atoms. The Balaban J connectivity index is 1.74. The van der Waals surface area contributed by atoms with Gasteiger partial charge in [0.25, 0.3) is 0 Å². The molecule has 1 amide bonds. The van der Waals surface area contributed by atoms with Crippen molar-refractivity contribution in [1.82, 2.24) is 4.90 Å². The average Bonchev–Trinajstić information content (AvgIpc) is 2.67. The number of aliphatic carboxylic acids is 1. The van der Waals surface area contributed by atoms with Crippen molar-refractivity contribution in [3.63, 3.8) is 0 Å². The van der Waals surface area contributed by atoms with Crippen LogP contribution in [0.15, 0.2) is 60.7 Å². The van der Waals surface area contributed by atoms with Crippen LogP contribution in [0.4, 0.5) is 4.79 Å². The van der Waals surface area contributed by atoms with E-state index < -0.39 is 18.1 Å². The first-order valence-electron chi connectivity index (χ1n) is 8.42. The summed E-state index contributed by atoms with van der Waals surface area (Å²) in [7, 11) is 0. The minimum absolute atomic E-state index is 0.137. The van der Waals surface area contributed by atoms with Gasteiger partial charge in [0.15, 0.2) is 0 Å². The van der Waals surface area contributed by atoms with Gasteiger partial charge in [-0.1, -0.05) is 60.7 Å². The van der Waals surface area contributed by atoms with Gasteiger partial charge in [0.1, 0.15) is 12.6 Å². The second-order valence-corrected chi connectivity index (χ2v) is 6.18. The summed E-state index contributed by atoms with van der Waals surface area (Å²) in [5, 5.41) is 9.73. The van der Waals surface area contributed by atoms with Crippen LogP contribution in [0, 0.1) is 0 Å². The Hall–Kier alpha value is -2.82. The predicted octanol–water partition coefficient (Wildman–Crippen LogP) is 3.66. The number of nitrogens with zero attached hydrogens (tertiary/aromatic N) is 1. The molecule has 0 saturated carbocycles. The van der Waals surface area contributed by atoms with Gasteiger partial charge in [0.05, 0.1) is 0 Å². The van der Waals surface area contributed by atoms with E-state index in [1.165, 1.54) is 4.90 Å². The lowest BCUT2D eigenvalue weighted by molar-refractivity contribution is -0.144. The third-order valence-corrected chi connectivity index (χ3v) is 4.55. The fraction of sp³-hybridized carbons (Fsp3) is 0.300. The van der Waals surface area contributed by atoms with E-state index in [1.807, 2.05) is 60.7 Å². The molecule has 0 bridgehead atoms. The van der Waals surface area contributed by atoms with Crippen molar-refractivity contribution in [2.75, 3.05) is 6.54 Å². The minimum atomic E-state index is -0.995. The standard InChI is InChI=1S/C20H21NO4/c22-19(23)18-17(16-10-5-2-6-11-16)12-7-13-21(18)20(24)25-14-15-8-3-1-4-9-15/h1-6,8-11,17-18H,7,12-14H2,(H,22,23). The number of carbonyl (C=O) groups is 2. The summed E-state index contributed by atoms with van der Waals surface area (Å²) >= 11 is 0. The molecule has 1 aliphatic rings. The maximum atomic E-state index is 12.5. The first kappa shape index (κ1) is 17.0. The Morgan fingerprint density at radius 1 is 1.04 bits per heavy atom. The molecule has 2 aromatic rings. The largest absolute Gasteiger partial charge is 0.480 e. The maximum Gasteiger partial charge on any atom is 0.410 e. The van der Waals surface area contributed by atoms with Gasteiger partial charge in [-0.2, -0.15) is 0 Å². The SMILES string of the molecule is O=C(O)C1C(c2ccccc2)CCCN1C(=O)OCc1ccccc1. The van der Waals surface area contributed by atoms with Gasteiger partial charge in [0, 0.05) is 12.5 Å². The van der Waals surface area contributed by atoms with Crippen LogP contribution in [0.2, 0.25) is 0 Å². The van der Waals surface area contributed by atoms with Crippen LogP contribution in [-0.2, 0) is 16.1 Å². The molecule has 1 fully saturated rings. The van der Waals surface area contributed by atoms with Crippen LogP contribution in [-0.4, -0.2) is 34.7 Å². The Morgan fingerprint density at radius 2 is 1.68 bits per heavy atom. The van der Waals surface area contributed by atoms with Crippen LogP contribution in [0.1, 0.15) is 29.9 Å². The van der Waals surface area contributed by atoms with Gasteiger partial charge in [0.2, 0.25) is 0 Å². The molecule has 130 valence electrons. The number of likely N-dealkylation sites (tertiary alicyclic amines) is 1. The van der Waals surface area contributed by atoms with Gasteiger partial charge in [-0.3, -0.25) is 4.90 Å². The number of amides is 1. The van der Waals surface area contributed by atoms with E-state index in [0.717, 1.165) is 24.0 Å². The van der Waals surface area contributed by atoms with Gasteiger partial charge < -0.3 is 9.84 Å².